The van der Waals surface area contributed by atoms with Gasteiger partial charge in [-0.3, -0.25) is 0 Å². The summed E-state index contributed by atoms with van der Waals surface area (Å²) in [5.41, 5.74) is 3.58. The average molecular weight is 276 g/mol. The SMILES string of the molecule is OC(CCl)CNc1ccc(Cc2ccccc2)cc1. The van der Waals surface area contributed by atoms with Crippen LogP contribution in [0.15, 0.2) is 54.6 Å². The number of hydrogen-bond donors (Lipinski definition) is 2. The number of aliphatic hydroxyl groups excluding tert-OH is 1. The Morgan fingerprint density at radius 1 is 0.947 bits per heavy atom. The largest absolute Gasteiger partial charge is 0.390 e. The topological polar surface area (TPSA) is 32.3 Å². The van der Waals surface area contributed by atoms with E-state index in [2.05, 4.69) is 41.7 Å². The van der Waals surface area contributed by atoms with Crippen molar-refractivity contribution in [1.29, 1.82) is 0 Å². The standard InChI is InChI=1S/C16H18ClNO/c17-11-16(19)12-18-15-8-6-14(7-9-15)10-13-4-2-1-3-5-13/h1-9,16,18-19H,10-12H2. The maximum Gasteiger partial charge on any atom is 0.0847 e. The van der Waals surface area contributed by atoms with Crippen LogP contribution in [0.25, 0.3) is 0 Å². The smallest absolute Gasteiger partial charge is 0.0847 e. The summed E-state index contributed by atoms with van der Waals surface area (Å²) < 4.78 is 0. The predicted molar refractivity (Wildman–Crippen MR) is 80.9 cm³/mol. The molecule has 1 atom stereocenters. The summed E-state index contributed by atoms with van der Waals surface area (Å²) in [6.07, 6.45) is 0.427. The second kappa shape index (κ2) is 7.17. The quantitative estimate of drug-likeness (QED) is 0.793. The Kier molecular flexibility index (Phi) is 5.25. The number of aliphatic hydroxyl groups is 1. The number of alkyl halides is 1. The first kappa shape index (κ1) is 13.9. The summed E-state index contributed by atoms with van der Waals surface area (Å²) in [5.74, 6) is 0.249. The minimum atomic E-state index is -0.509. The fourth-order valence-electron chi connectivity index (χ4n) is 1.86. The molecule has 0 saturated heterocycles. The highest BCUT2D eigenvalue weighted by Gasteiger charge is 2.01. The van der Waals surface area contributed by atoms with Crippen molar-refractivity contribution >= 4 is 17.3 Å². The highest BCUT2D eigenvalue weighted by atomic mass is 35.5. The van der Waals surface area contributed by atoms with Gasteiger partial charge >= 0.3 is 0 Å². The average Bonchev–Trinajstić information content (AvgIpc) is 2.47. The van der Waals surface area contributed by atoms with E-state index < -0.39 is 6.10 Å². The second-order valence-corrected chi connectivity index (χ2v) is 4.86. The zero-order valence-electron chi connectivity index (χ0n) is 10.7. The molecule has 0 heterocycles. The van der Waals surface area contributed by atoms with Gasteiger partial charge in [0.25, 0.3) is 0 Å². The van der Waals surface area contributed by atoms with Crippen molar-refractivity contribution in [3.8, 4) is 0 Å². The third-order valence-corrected chi connectivity index (χ3v) is 3.28. The van der Waals surface area contributed by atoms with E-state index in [-0.39, 0.29) is 5.88 Å². The molecule has 2 N–H and O–H groups in total. The Labute approximate surface area is 119 Å². The molecule has 100 valence electrons. The maximum atomic E-state index is 9.37. The zero-order chi connectivity index (χ0) is 13.5. The lowest BCUT2D eigenvalue weighted by molar-refractivity contribution is 0.211. The van der Waals surface area contributed by atoms with Gasteiger partial charge in [-0.05, 0) is 29.7 Å². The molecule has 19 heavy (non-hydrogen) atoms. The molecule has 3 heteroatoms. The molecule has 0 saturated carbocycles. The van der Waals surface area contributed by atoms with Crippen molar-refractivity contribution in [3.63, 3.8) is 0 Å². The fourth-order valence-corrected chi connectivity index (χ4v) is 1.97. The third kappa shape index (κ3) is 4.58. The lowest BCUT2D eigenvalue weighted by Gasteiger charge is -2.10. The van der Waals surface area contributed by atoms with Crippen LogP contribution in [-0.2, 0) is 6.42 Å². The Bertz CT molecular complexity index is 484. The molecular formula is C16H18ClNO. The molecule has 0 spiro atoms. The van der Waals surface area contributed by atoms with Gasteiger partial charge in [0.05, 0.1) is 12.0 Å². The van der Waals surface area contributed by atoms with Crippen molar-refractivity contribution in [1.82, 2.24) is 0 Å². The van der Waals surface area contributed by atoms with Crippen molar-refractivity contribution in [2.24, 2.45) is 0 Å². The van der Waals surface area contributed by atoms with Crippen LogP contribution in [0.3, 0.4) is 0 Å². The highest BCUT2D eigenvalue weighted by molar-refractivity contribution is 6.18. The molecule has 0 aliphatic heterocycles. The van der Waals surface area contributed by atoms with Gasteiger partial charge in [0, 0.05) is 12.2 Å². The fraction of sp³-hybridized carbons (Fsp3) is 0.250. The van der Waals surface area contributed by atoms with E-state index in [0.717, 1.165) is 12.1 Å². The monoisotopic (exact) mass is 275 g/mol. The van der Waals surface area contributed by atoms with Crippen LogP contribution in [0.5, 0.6) is 0 Å². The minimum absolute atomic E-state index is 0.249. The van der Waals surface area contributed by atoms with Gasteiger partial charge in [-0.1, -0.05) is 42.5 Å². The van der Waals surface area contributed by atoms with Crippen LogP contribution in [0.4, 0.5) is 5.69 Å². The molecule has 0 fully saturated rings. The van der Waals surface area contributed by atoms with Crippen LogP contribution in [0.2, 0.25) is 0 Å². The number of anilines is 1. The van der Waals surface area contributed by atoms with Crippen LogP contribution in [0.1, 0.15) is 11.1 Å². The zero-order valence-corrected chi connectivity index (χ0v) is 11.5. The number of nitrogens with one attached hydrogen (secondary N) is 1. The van der Waals surface area contributed by atoms with Crippen LogP contribution >= 0.6 is 11.6 Å². The van der Waals surface area contributed by atoms with Gasteiger partial charge in [0.2, 0.25) is 0 Å². The van der Waals surface area contributed by atoms with E-state index in [0.29, 0.717) is 6.54 Å². The Morgan fingerprint density at radius 2 is 1.58 bits per heavy atom. The third-order valence-electron chi connectivity index (χ3n) is 2.92. The molecule has 1 unspecified atom stereocenters. The van der Waals surface area contributed by atoms with E-state index in [9.17, 15) is 5.11 Å². The van der Waals surface area contributed by atoms with E-state index in [1.54, 1.807) is 0 Å². The van der Waals surface area contributed by atoms with Gasteiger partial charge < -0.3 is 10.4 Å². The summed E-state index contributed by atoms with van der Waals surface area (Å²) in [6.45, 7) is 0.474. The molecule has 0 aromatic heterocycles. The summed E-state index contributed by atoms with van der Waals surface area (Å²) in [5, 5.41) is 12.5. The first-order chi connectivity index (χ1) is 9.28. The van der Waals surface area contributed by atoms with E-state index >= 15 is 0 Å². The molecule has 0 bridgehead atoms. The number of rotatable bonds is 6. The van der Waals surface area contributed by atoms with Gasteiger partial charge in [0.15, 0.2) is 0 Å². The Balaban J connectivity index is 1.91. The number of benzene rings is 2. The number of hydrogen-bond acceptors (Lipinski definition) is 2. The van der Waals surface area contributed by atoms with Gasteiger partial charge in [-0.25, -0.2) is 0 Å². The second-order valence-electron chi connectivity index (χ2n) is 4.55. The van der Waals surface area contributed by atoms with Crippen LogP contribution < -0.4 is 5.32 Å². The highest BCUT2D eigenvalue weighted by Crippen LogP contribution is 2.13. The van der Waals surface area contributed by atoms with Crippen LogP contribution in [0, 0.1) is 0 Å². The summed E-state index contributed by atoms with van der Waals surface area (Å²) in [6, 6.07) is 18.6. The molecule has 0 aliphatic rings. The van der Waals surface area contributed by atoms with Gasteiger partial charge in [0.1, 0.15) is 0 Å². The van der Waals surface area contributed by atoms with E-state index in [1.807, 2.05) is 18.2 Å². The Morgan fingerprint density at radius 3 is 2.21 bits per heavy atom. The normalized spacial score (nSPS) is 12.1. The maximum absolute atomic E-state index is 9.37. The summed E-state index contributed by atoms with van der Waals surface area (Å²) >= 11 is 5.54. The van der Waals surface area contributed by atoms with Crippen molar-refractivity contribution in [3.05, 3.63) is 65.7 Å². The molecule has 2 rings (SSSR count). The van der Waals surface area contributed by atoms with Gasteiger partial charge in [-0.15, -0.1) is 11.6 Å². The van der Waals surface area contributed by atoms with Crippen molar-refractivity contribution < 1.29 is 5.11 Å². The summed E-state index contributed by atoms with van der Waals surface area (Å²) in [7, 11) is 0. The van der Waals surface area contributed by atoms with Crippen molar-refractivity contribution in [2.75, 3.05) is 17.7 Å². The molecule has 2 aromatic rings. The lowest BCUT2D eigenvalue weighted by Crippen LogP contribution is -2.20. The molecule has 0 radical (unpaired) electrons. The van der Waals surface area contributed by atoms with Crippen LogP contribution in [-0.4, -0.2) is 23.6 Å². The van der Waals surface area contributed by atoms with E-state index in [1.165, 1.54) is 11.1 Å². The molecule has 0 amide bonds. The molecule has 2 nitrogen and oxygen atoms in total. The first-order valence-corrected chi connectivity index (χ1v) is 6.92. The first-order valence-electron chi connectivity index (χ1n) is 6.38. The molecule has 2 aromatic carbocycles. The Hall–Kier alpha value is -1.51. The number of halogens is 1. The molecular weight excluding hydrogens is 258 g/mol. The molecule has 0 aliphatic carbocycles. The van der Waals surface area contributed by atoms with E-state index in [4.69, 9.17) is 11.6 Å². The summed E-state index contributed by atoms with van der Waals surface area (Å²) in [4.78, 5) is 0. The van der Waals surface area contributed by atoms with Gasteiger partial charge in [-0.2, -0.15) is 0 Å². The minimum Gasteiger partial charge on any atom is -0.390 e. The predicted octanol–water partition coefficient (Wildman–Crippen LogP) is 3.29. The van der Waals surface area contributed by atoms with Crippen molar-refractivity contribution in [2.45, 2.75) is 12.5 Å². The lowest BCUT2D eigenvalue weighted by atomic mass is 10.0.